The van der Waals surface area contributed by atoms with Gasteiger partial charge in [-0.05, 0) is 37.3 Å². The summed E-state index contributed by atoms with van der Waals surface area (Å²) in [6.45, 7) is 3.51. The Labute approximate surface area is 104 Å². The smallest absolute Gasteiger partial charge is 0.214 e. The Morgan fingerprint density at radius 2 is 1.76 bits per heavy atom. The molecule has 1 aliphatic carbocycles. The van der Waals surface area contributed by atoms with Crippen LogP contribution in [0.4, 0.5) is 0 Å². The average Bonchev–Trinajstić information content (AvgIpc) is 2.73. The Hall–Kier alpha value is -0.130. The summed E-state index contributed by atoms with van der Waals surface area (Å²) in [5.74, 6) is 2.19. The van der Waals surface area contributed by atoms with E-state index in [2.05, 4.69) is 5.32 Å². The predicted molar refractivity (Wildman–Crippen MR) is 67.2 cm³/mol. The van der Waals surface area contributed by atoms with Crippen LogP contribution in [0.25, 0.3) is 0 Å². The van der Waals surface area contributed by atoms with Crippen molar-refractivity contribution in [2.45, 2.75) is 25.7 Å². The van der Waals surface area contributed by atoms with Crippen molar-refractivity contribution < 1.29 is 8.42 Å². The second-order valence-corrected chi connectivity index (χ2v) is 7.99. The van der Waals surface area contributed by atoms with Crippen LogP contribution >= 0.6 is 0 Å². The van der Waals surface area contributed by atoms with Crippen molar-refractivity contribution in [2.24, 2.45) is 17.8 Å². The fraction of sp³-hybridized carbons (Fsp3) is 1.00. The van der Waals surface area contributed by atoms with E-state index in [9.17, 15) is 8.42 Å². The third-order valence-electron chi connectivity index (χ3n) is 4.76. The molecule has 5 heteroatoms. The molecule has 1 saturated carbocycles. The van der Waals surface area contributed by atoms with Gasteiger partial charge in [0.2, 0.25) is 10.0 Å². The summed E-state index contributed by atoms with van der Waals surface area (Å²) in [4.78, 5) is 0. The highest BCUT2D eigenvalue weighted by atomic mass is 32.2. The van der Waals surface area contributed by atoms with E-state index in [1.54, 1.807) is 4.31 Å². The van der Waals surface area contributed by atoms with Gasteiger partial charge in [-0.15, -0.1) is 0 Å². The minimum absolute atomic E-state index is 0.379. The lowest BCUT2D eigenvalue weighted by atomic mass is 9.84. The van der Waals surface area contributed by atoms with Crippen LogP contribution in [0.5, 0.6) is 0 Å². The zero-order valence-electron chi connectivity index (χ0n) is 10.3. The lowest BCUT2D eigenvalue weighted by Gasteiger charge is -2.26. The molecular weight excluding hydrogens is 236 g/mol. The van der Waals surface area contributed by atoms with E-state index in [-0.39, 0.29) is 0 Å². The van der Waals surface area contributed by atoms with Crippen molar-refractivity contribution in [3.05, 3.63) is 0 Å². The van der Waals surface area contributed by atoms with Crippen molar-refractivity contribution in [2.75, 3.05) is 31.9 Å². The topological polar surface area (TPSA) is 49.4 Å². The van der Waals surface area contributed by atoms with E-state index in [0.29, 0.717) is 23.5 Å². The summed E-state index contributed by atoms with van der Waals surface area (Å²) in [5.41, 5.74) is 0. The zero-order chi connectivity index (χ0) is 11.9. The molecule has 0 spiro atoms. The zero-order valence-corrected chi connectivity index (χ0v) is 11.1. The monoisotopic (exact) mass is 258 g/mol. The molecule has 3 fully saturated rings. The highest BCUT2D eigenvalue weighted by Gasteiger charge is 2.40. The van der Waals surface area contributed by atoms with Gasteiger partial charge in [0.05, 0.1) is 5.75 Å². The van der Waals surface area contributed by atoms with Gasteiger partial charge in [0.1, 0.15) is 0 Å². The number of rotatable bonds is 4. The summed E-state index contributed by atoms with van der Waals surface area (Å²) in [5, 5.41) is 3.34. The van der Waals surface area contributed by atoms with Crippen LogP contribution in [-0.2, 0) is 10.0 Å². The van der Waals surface area contributed by atoms with Gasteiger partial charge in [0, 0.05) is 13.1 Å². The quantitative estimate of drug-likeness (QED) is 0.806. The molecule has 0 bridgehead atoms. The highest BCUT2D eigenvalue weighted by Crippen LogP contribution is 2.32. The summed E-state index contributed by atoms with van der Waals surface area (Å²) >= 11 is 0. The Balaban J connectivity index is 1.55. The molecule has 2 atom stereocenters. The molecule has 0 aromatic heterocycles. The summed E-state index contributed by atoms with van der Waals surface area (Å²) < 4.78 is 26.2. The third-order valence-corrected chi connectivity index (χ3v) is 6.59. The van der Waals surface area contributed by atoms with Gasteiger partial charge in [-0.2, -0.15) is 0 Å². The SMILES string of the molecule is O=S(=O)(CCC1CCC1)N1C[C@H]2CNC[C@H]2C1. The third kappa shape index (κ3) is 2.37. The van der Waals surface area contributed by atoms with Gasteiger partial charge >= 0.3 is 0 Å². The van der Waals surface area contributed by atoms with Crippen molar-refractivity contribution in [1.29, 1.82) is 0 Å². The molecule has 0 unspecified atom stereocenters. The summed E-state index contributed by atoms with van der Waals surface area (Å²) in [6, 6.07) is 0. The van der Waals surface area contributed by atoms with E-state index in [1.165, 1.54) is 19.3 Å². The van der Waals surface area contributed by atoms with Crippen molar-refractivity contribution in [3.8, 4) is 0 Å². The number of hydrogen-bond acceptors (Lipinski definition) is 3. The normalized spacial score (nSPS) is 34.8. The first-order valence-corrected chi connectivity index (χ1v) is 8.44. The molecule has 3 rings (SSSR count). The number of nitrogens with one attached hydrogen (secondary N) is 1. The second-order valence-electron chi connectivity index (χ2n) is 5.90. The molecule has 17 heavy (non-hydrogen) atoms. The van der Waals surface area contributed by atoms with Gasteiger partial charge < -0.3 is 5.32 Å². The Morgan fingerprint density at radius 3 is 2.29 bits per heavy atom. The Bertz CT molecular complexity index is 366. The first-order valence-electron chi connectivity index (χ1n) is 6.84. The van der Waals surface area contributed by atoms with Gasteiger partial charge in [0.15, 0.2) is 0 Å². The second kappa shape index (κ2) is 4.52. The lowest BCUT2D eigenvalue weighted by molar-refractivity contribution is 0.305. The maximum atomic E-state index is 12.2. The van der Waals surface area contributed by atoms with Gasteiger partial charge in [0.25, 0.3) is 0 Å². The minimum atomic E-state index is -2.97. The minimum Gasteiger partial charge on any atom is -0.316 e. The highest BCUT2D eigenvalue weighted by molar-refractivity contribution is 7.89. The van der Waals surface area contributed by atoms with Crippen LogP contribution in [0, 0.1) is 17.8 Å². The number of hydrogen-bond donors (Lipinski definition) is 1. The van der Waals surface area contributed by atoms with E-state index in [0.717, 1.165) is 32.6 Å². The number of nitrogens with zero attached hydrogens (tertiary/aromatic N) is 1. The van der Waals surface area contributed by atoms with Crippen molar-refractivity contribution in [3.63, 3.8) is 0 Å². The fourth-order valence-corrected chi connectivity index (χ4v) is 4.99. The molecule has 0 radical (unpaired) electrons. The first-order chi connectivity index (χ1) is 8.15. The molecule has 4 nitrogen and oxygen atoms in total. The number of sulfonamides is 1. The van der Waals surface area contributed by atoms with Gasteiger partial charge in [-0.25, -0.2) is 12.7 Å². The standard InChI is InChI=1S/C12H22N2O2S/c15-17(16,5-4-10-2-1-3-10)14-8-11-6-13-7-12(11)9-14/h10-13H,1-9H2/t11-,12+. The lowest BCUT2D eigenvalue weighted by Crippen LogP contribution is -2.34. The summed E-state index contributed by atoms with van der Waals surface area (Å²) in [7, 11) is -2.97. The van der Waals surface area contributed by atoms with Crippen LogP contribution in [0.2, 0.25) is 0 Å². The van der Waals surface area contributed by atoms with Crippen LogP contribution < -0.4 is 5.32 Å². The van der Waals surface area contributed by atoms with E-state index in [4.69, 9.17) is 0 Å². The van der Waals surface area contributed by atoms with E-state index < -0.39 is 10.0 Å². The molecule has 0 aromatic carbocycles. The first kappa shape index (κ1) is 11.9. The summed E-state index contributed by atoms with van der Waals surface area (Å²) in [6.07, 6.45) is 4.66. The van der Waals surface area contributed by atoms with Crippen LogP contribution in [0.3, 0.4) is 0 Å². The molecule has 2 heterocycles. The molecule has 1 N–H and O–H groups in total. The van der Waals surface area contributed by atoms with Crippen molar-refractivity contribution >= 4 is 10.0 Å². The molecule has 2 saturated heterocycles. The largest absolute Gasteiger partial charge is 0.316 e. The molecule has 2 aliphatic heterocycles. The Morgan fingerprint density at radius 1 is 1.12 bits per heavy atom. The molecule has 98 valence electrons. The number of fused-ring (bicyclic) bond motifs is 1. The van der Waals surface area contributed by atoms with Crippen LogP contribution in [-0.4, -0.2) is 44.7 Å². The van der Waals surface area contributed by atoms with Gasteiger partial charge in [-0.3, -0.25) is 0 Å². The average molecular weight is 258 g/mol. The maximum absolute atomic E-state index is 12.2. The van der Waals surface area contributed by atoms with E-state index in [1.807, 2.05) is 0 Å². The van der Waals surface area contributed by atoms with Crippen molar-refractivity contribution in [1.82, 2.24) is 9.62 Å². The van der Waals surface area contributed by atoms with Crippen LogP contribution in [0.15, 0.2) is 0 Å². The molecule has 0 amide bonds. The maximum Gasteiger partial charge on any atom is 0.214 e. The molecule has 0 aromatic rings. The molecular formula is C12H22N2O2S. The predicted octanol–water partition coefficient (Wildman–Crippen LogP) is 0.658. The van der Waals surface area contributed by atoms with Crippen LogP contribution in [0.1, 0.15) is 25.7 Å². The fourth-order valence-electron chi connectivity index (χ4n) is 3.27. The Kier molecular flexibility index (Phi) is 3.17. The molecule has 3 aliphatic rings. The van der Waals surface area contributed by atoms with E-state index >= 15 is 0 Å². The van der Waals surface area contributed by atoms with Gasteiger partial charge in [-0.1, -0.05) is 19.3 Å².